The van der Waals surface area contributed by atoms with Crippen molar-refractivity contribution in [2.75, 3.05) is 11.5 Å². The number of thioether (sulfide) groups is 1. The Bertz CT molecular complexity index is 523. The molecule has 0 spiro atoms. The Hall–Kier alpha value is -0.0800. The second-order valence-corrected chi connectivity index (χ2v) is 9.49. The molecule has 1 heterocycles. The summed E-state index contributed by atoms with van der Waals surface area (Å²) in [4.78, 5) is 1.08. The summed E-state index contributed by atoms with van der Waals surface area (Å²) in [6.07, 6.45) is 2.48. The van der Waals surface area contributed by atoms with Crippen molar-refractivity contribution in [1.82, 2.24) is 10.0 Å². The maximum Gasteiger partial charge on any atom is 0.250 e. The average Bonchev–Trinajstić information content (AvgIpc) is 3.09. The molecule has 0 aromatic carbocycles. The zero-order valence-electron chi connectivity index (χ0n) is 11.9. The molecule has 1 aliphatic rings. The Labute approximate surface area is 129 Å². The largest absolute Gasteiger partial charge is 0.309 e. The van der Waals surface area contributed by atoms with Crippen LogP contribution in [0.4, 0.5) is 0 Å². The van der Waals surface area contributed by atoms with Crippen LogP contribution in [0.3, 0.4) is 0 Å². The minimum atomic E-state index is -3.36. The number of rotatable bonds is 9. The van der Waals surface area contributed by atoms with Crippen LogP contribution in [-0.2, 0) is 16.6 Å². The van der Waals surface area contributed by atoms with E-state index >= 15 is 0 Å². The van der Waals surface area contributed by atoms with Gasteiger partial charge in [-0.05, 0) is 37.7 Å². The Morgan fingerprint density at radius 1 is 1.45 bits per heavy atom. The molecule has 20 heavy (non-hydrogen) atoms. The predicted octanol–water partition coefficient (Wildman–Crippen LogP) is 2.42. The fourth-order valence-corrected chi connectivity index (χ4v) is 5.13. The van der Waals surface area contributed by atoms with Crippen LogP contribution < -0.4 is 10.0 Å². The van der Waals surface area contributed by atoms with E-state index in [2.05, 4.69) is 17.0 Å². The first kappa shape index (κ1) is 16.3. The second kappa shape index (κ2) is 7.26. The van der Waals surface area contributed by atoms with Gasteiger partial charge in [0.25, 0.3) is 0 Å². The molecule has 1 aromatic rings. The molecule has 0 aliphatic heterocycles. The summed E-state index contributed by atoms with van der Waals surface area (Å²) in [5, 5.41) is 3.40. The third-order valence-electron chi connectivity index (χ3n) is 2.97. The summed E-state index contributed by atoms with van der Waals surface area (Å²) in [5.41, 5.74) is 0. The molecular weight excluding hydrogens is 312 g/mol. The zero-order chi connectivity index (χ0) is 14.6. The van der Waals surface area contributed by atoms with E-state index in [1.54, 1.807) is 17.8 Å². The van der Waals surface area contributed by atoms with Gasteiger partial charge in [0, 0.05) is 29.3 Å². The van der Waals surface area contributed by atoms with Crippen LogP contribution >= 0.6 is 23.1 Å². The first-order valence-corrected chi connectivity index (χ1v) is 10.4. The van der Waals surface area contributed by atoms with E-state index < -0.39 is 10.0 Å². The number of hydrogen-bond acceptors (Lipinski definition) is 5. The Kier molecular flexibility index (Phi) is 5.92. The lowest BCUT2D eigenvalue weighted by Gasteiger charge is -2.12. The van der Waals surface area contributed by atoms with Crippen molar-refractivity contribution in [3.05, 3.63) is 17.0 Å². The smallest absolute Gasteiger partial charge is 0.250 e. The van der Waals surface area contributed by atoms with E-state index in [1.165, 1.54) is 24.2 Å². The van der Waals surface area contributed by atoms with Crippen LogP contribution in [0.2, 0.25) is 0 Å². The van der Waals surface area contributed by atoms with Crippen molar-refractivity contribution in [2.24, 2.45) is 0 Å². The maximum atomic E-state index is 12.2. The lowest BCUT2D eigenvalue weighted by molar-refractivity contribution is 0.573. The minimum absolute atomic E-state index is 0.0416. The highest BCUT2D eigenvalue weighted by atomic mass is 32.2. The molecule has 1 saturated carbocycles. The van der Waals surface area contributed by atoms with Crippen LogP contribution in [-0.4, -0.2) is 32.0 Å². The topological polar surface area (TPSA) is 58.2 Å². The first-order chi connectivity index (χ1) is 9.51. The number of thiophene rings is 1. The summed E-state index contributed by atoms with van der Waals surface area (Å²) < 4.78 is 27.6. The molecule has 1 aromatic heterocycles. The van der Waals surface area contributed by atoms with Gasteiger partial charge in [0.15, 0.2) is 0 Å². The van der Waals surface area contributed by atoms with Crippen LogP contribution in [0, 0.1) is 0 Å². The SMILES string of the molecule is CCSCC(C)NS(=O)(=O)c1ccc(CNC2CC2)s1. The highest BCUT2D eigenvalue weighted by Crippen LogP contribution is 2.24. The molecule has 0 saturated heterocycles. The van der Waals surface area contributed by atoms with Crippen molar-refractivity contribution in [2.45, 2.75) is 49.5 Å². The molecule has 7 heteroatoms. The molecule has 1 aliphatic carbocycles. The molecule has 0 amide bonds. The zero-order valence-corrected chi connectivity index (χ0v) is 14.3. The summed E-state index contributed by atoms with van der Waals surface area (Å²) in [6, 6.07) is 4.21. The van der Waals surface area contributed by atoms with Gasteiger partial charge in [-0.25, -0.2) is 13.1 Å². The lowest BCUT2D eigenvalue weighted by Crippen LogP contribution is -2.33. The minimum Gasteiger partial charge on any atom is -0.309 e. The number of sulfonamides is 1. The third kappa shape index (κ3) is 5.04. The quantitative estimate of drug-likeness (QED) is 0.728. The number of hydrogen-bond donors (Lipinski definition) is 2. The Morgan fingerprint density at radius 2 is 2.20 bits per heavy atom. The van der Waals surface area contributed by atoms with Crippen molar-refractivity contribution in [1.29, 1.82) is 0 Å². The average molecular weight is 335 g/mol. The highest BCUT2D eigenvalue weighted by molar-refractivity contribution is 7.99. The predicted molar refractivity (Wildman–Crippen MR) is 87.0 cm³/mol. The van der Waals surface area contributed by atoms with Crippen LogP contribution in [0.25, 0.3) is 0 Å². The van der Waals surface area contributed by atoms with E-state index in [9.17, 15) is 8.42 Å². The molecule has 2 N–H and O–H groups in total. The van der Waals surface area contributed by atoms with Gasteiger partial charge >= 0.3 is 0 Å². The highest BCUT2D eigenvalue weighted by Gasteiger charge is 2.22. The van der Waals surface area contributed by atoms with Crippen molar-refractivity contribution >= 4 is 33.1 Å². The molecule has 1 atom stereocenters. The van der Waals surface area contributed by atoms with Gasteiger partial charge in [-0.3, -0.25) is 0 Å². The summed E-state index contributed by atoms with van der Waals surface area (Å²) >= 11 is 3.10. The van der Waals surface area contributed by atoms with Crippen molar-refractivity contribution in [3.8, 4) is 0 Å². The second-order valence-electron chi connectivity index (χ2n) is 5.06. The van der Waals surface area contributed by atoms with Crippen LogP contribution in [0.5, 0.6) is 0 Å². The molecular formula is C13H22N2O2S3. The van der Waals surface area contributed by atoms with E-state index in [-0.39, 0.29) is 6.04 Å². The molecule has 0 bridgehead atoms. The van der Waals surface area contributed by atoms with Gasteiger partial charge in [-0.1, -0.05) is 6.92 Å². The molecule has 4 nitrogen and oxygen atoms in total. The maximum absolute atomic E-state index is 12.2. The fourth-order valence-electron chi connectivity index (χ4n) is 1.78. The van der Waals surface area contributed by atoms with E-state index in [0.29, 0.717) is 10.3 Å². The summed E-state index contributed by atoms with van der Waals surface area (Å²) in [6.45, 7) is 4.75. The molecule has 0 radical (unpaired) electrons. The molecule has 1 fully saturated rings. The third-order valence-corrected chi connectivity index (χ3v) is 7.28. The van der Waals surface area contributed by atoms with E-state index in [4.69, 9.17) is 0 Å². The van der Waals surface area contributed by atoms with Crippen molar-refractivity contribution in [3.63, 3.8) is 0 Å². The Balaban J connectivity index is 1.90. The van der Waals surface area contributed by atoms with E-state index in [0.717, 1.165) is 22.9 Å². The summed E-state index contributed by atoms with van der Waals surface area (Å²) in [7, 11) is -3.36. The monoisotopic (exact) mass is 334 g/mol. The van der Waals surface area contributed by atoms with Gasteiger partial charge < -0.3 is 5.32 Å². The van der Waals surface area contributed by atoms with E-state index in [1.807, 2.05) is 13.0 Å². The first-order valence-electron chi connectivity index (χ1n) is 6.93. The molecule has 114 valence electrons. The fraction of sp³-hybridized carbons (Fsp3) is 0.692. The van der Waals surface area contributed by atoms with Crippen molar-refractivity contribution < 1.29 is 8.42 Å². The van der Waals surface area contributed by atoms with Gasteiger partial charge in [-0.2, -0.15) is 11.8 Å². The Morgan fingerprint density at radius 3 is 2.85 bits per heavy atom. The summed E-state index contributed by atoms with van der Waals surface area (Å²) in [5.74, 6) is 1.80. The standard InChI is InChI=1S/C13H22N2O2S3/c1-3-18-9-10(2)15-20(16,17)13-7-6-12(19-13)8-14-11-4-5-11/h6-7,10-11,14-15H,3-5,8-9H2,1-2H3. The lowest BCUT2D eigenvalue weighted by atomic mass is 10.4. The van der Waals surface area contributed by atoms with Crippen LogP contribution in [0.15, 0.2) is 16.3 Å². The van der Waals surface area contributed by atoms with Gasteiger partial charge in [-0.15, -0.1) is 11.3 Å². The van der Waals surface area contributed by atoms with Gasteiger partial charge in [0.2, 0.25) is 10.0 Å². The molecule has 1 unspecified atom stereocenters. The van der Waals surface area contributed by atoms with Gasteiger partial charge in [0.05, 0.1) is 0 Å². The number of nitrogens with one attached hydrogen (secondary N) is 2. The normalized spacial score (nSPS) is 17.3. The van der Waals surface area contributed by atoms with Gasteiger partial charge in [0.1, 0.15) is 4.21 Å². The molecule has 2 rings (SSSR count). The van der Waals surface area contributed by atoms with Crippen LogP contribution in [0.1, 0.15) is 31.6 Å².